The molecule has 2 amide bonds. The molecule has 1 aromatic rings. The number of urea groups is 1. The SMILES string of the molecule is NC(=O)NC(=NC1CCC1)Nc1ncccc1Cl. The van der Waals surface area contributed by atoms with E-state index in [1.165, 1.54) is 0 Å². The second-order valence-electron chi connectivity index (χ2n) is 4.01. The average molecular weight is 268 g/mol. The summed E-state index contributed by atoms with van der Waals surface area (Å²) in [6.07, 6.45) is 4.78. The average Bonchev–Trinajstić information content (AvgIpc) is 2.25. The highest BCUT2D eigenvalue weighted by molar-refractivity contribution is 6.33. The van der Waals surface area contributed by atoms with E-state index in [1.54, 1.807) is 18.3 Å². The topological polar surface area (TPSA) is 92.4 Å². The number of hydrogen-bond acceptors (Lipinski definition) is 3. The van der Waals surface area contributed by atoms with Crippen molar-refractivity contribution >= 4 is 29.4 Å². The van der Waals surface area contributed by atoms with E-state index in [0.717, 1.165) is 19.3 Å². The first-order valence-electron chi connectivity index (χ1n) is 5.67. The lowest BCUT2D eigenvalue weighted by atomic mass is 9.94. The predicted molar refractivity (Wildman–Crippen MR) is 70.7 cm³/mol. The van der Waals surface area contributed by atoms with Crippen molar-refractivity contribution in [1.29, 1.82) is 0 Å². The van der Waals surface area contributed by atoms with Crippen molar-refractivity contribution in [1.82, 2.24) is 10.3 Å². The molecule has 18 heavy (non-hydrogen) atoms. The zero-order valence-electron chi connectivity index (χ0n) is 9.69. The monoisotopic (exact) mass is 267 g/mol. The van der Waals surface area contributed by atoms with Crippen LogP contribution >= 0.6 is 11.6 Å². The van der Waals surface area contributed by atoms with Crippen molar-refractivity contribution in [2.24, 2.45) is 10.7 Å². The van der Waals surface area contributed by atoms with Crippen LogP contribution in [-0.4, -0.2) is 23.0 Å². The summed E-state index contributed by atoms with van der Waals surface area (Å²) in [6, 6.07) is 2.97. The molecular formula is C11H14ClN5O. The third-order valence-corrected chi connectivity index (χ3v) is 2.93. The Hall–Kier alpha value is -1.82. The number of nitrogens with zero attached hydrogens (tertiary/aromatic N) is 2. The van der Waals surface area contributed by atoms with Crippen LogP contribution in [0, 0.1) is 0 Å². The van der Waals surface area contributed by atoms with Gasteiger partial charge in [0, 0.05) is 6.20 Å². The largest absolute Gasteiger partial charge is 0.351 e. The summed E-state index contributed by atoms with van der Waals surface area (Å²) in [5, 5.41) is 5.76. The molecule has 1 aliphatic rings. The van der Waals surface area contributed by atoms with Crippen LogP contribution in [0.4, 0.5) is 10.6 Å². The lowest BCUT2D eigenvalue weighted by Gasteiger charge is -2.22. The Labute approximate surface area is 110 Å². The molecule has 0 spiro atoms. The standard InChI is InChI=1S/C11H14ClN5O/c12-8-5-2-6-14-9(8)16-11(17-10(13)18)15-7-3-1-4-7/h2,5-7H,1,3-4H2,(H4,13,14,15,16,17,18). The number of guanidine groups is 1. The van der Waals surface area contributed by atoms with Gasteiger partial charge in [-0.3, -0.25) is 5.32 Å². The second-order valence-corrected chi connectivity index (χ2v) is 4.42. The fraction of sp³-hybridized carbons (Fsp3) is 0.364. The van der Waals surface area contributed by atoms with Crippen molar-refractivity contribution < 1.29 is 4.79 Å². The van der Waals surface area contributed by atoms with Crippen LogP contribution in [0.5, 0.6) is 0 Å². The number of halogens is 1. The number of primary amides is 1. The highest BCUT2D eigenvalue weighted by Crippen LogP contribution is 2.22. The van der Waals surface area contributed by atoms with Crippen molar-refractivity contribution in [3.8, 4) is 0 Å². The summed E-state index contributed by atoms with van der Waals surface area (Å²) in [5.74, 6) is 0.721. The summed E-state index contributed by atoms with van der Waals surface area (Å²) < 4.78 is 0. The third kappa shape index (κ3) is 3.33. The van der Waals surface area contributed by atoms with Gasteiger partial charge in [-0.2, -0.15) is 0 Å². The first kappa shape index (κ1) is 12.6. The van der Waals surface area contributed by atoms with E-state index in [-0.39, 0.29) is 12.0 Å². The van der Waals surface area contributed by atoms with Crippen molar-refractivity contribution in [2.45, 2.75) is 25.3 Å². The maximum Gasteiger partial charge on any atom is 0.318 e. The Morgan fingerprint density at radius 1 is 1.56 bits per heavy atom. The highest BCUT2D eigenvalue weighted by Gasteiger charge is 2.18. The lowest BCUT2D eigenvalue weighted by molar-refractivity contribution is 0.253. The number of aliphatic imine (C=N–C) groups is 1. The molecule has 0 saturated heterocycles. The fourth-order valence-corrected chi connectivity index (χ4v) is 1.67. The van der Waals surface area contributed by atoms with Gasteiger partial charge in [-0.05, 0) is 31.4 Å². The number of amides is 2. The number of nitrogens with two attached hydrogens (primary N) is 1. The first-order valence-corrected chi connectivity index (χ1v) is 6.05. The van der Waals surface area contributed by atoms with E-state index < -0.39 is 6.03 Å². The van der Waals surface area contributed by atoms with Crippen LogP contribution in [0.3, 0.4) is 0 Å². The van der Waals surface area contributed by atoms with E-state index in [2.05, 4.69) is 20.6 Å². The predicted octanol–water partition coefficient (Wildman–Crippen LogP) is 1.72. The molecule has 1 fully saturated rings. The van der Waals surface area contributed by atoms with Gasteiger partial charge in [-0.15, -0.1) is 0 Å². The summed E-state index contributed by atoms with van der Waals surface area (Å²) in [5.41, 5.74) is 5.10. The normalized spacial score (nSPS) is 15.9. The molecule has 0 unspecified atom stereocenters. The maximum atomic E-state index is 10.9. The van der Waals surface area contributed by atoms with Crippen molar-refractivity contribution in [3.63, 3.8) is 0 Å². The van der Waals surface area contributed by atoms with Gasteiger partial charge in [0.15, 0.2) is 5.82 Å². The Balaban J connectivity index is 2.11. The number of carbonyl (C=O) groups excluding carboxylic acids is 1. The number of carbonyl (C=O) groups is 1. The van der Waals surface area contributed by atoms with Gasteiger partial charge in [0.2, 0.25) is 5.96 Å². The minimum absolute atomic E-state index is 0.224. The molecule has 7 heteroatoms. The van der Waals surface area contributed by atoms with E-state index in [0.29, 0.717) is 10.8 Å². The van der Waals surface area contributed by atoms with Gasteiger partial charge in [0.1, 0.15) is 0 Å². The lowest BCUT2D eigenvalue weighted by Crippen LogP contribution is -2.41. The molecule has 6 nitrogen and oxygen atoms in total. The van der Waals surface area contributed by atoms with Gasteiger partial charge < -0.3 is 11.1 Å². The van der Waals surface area contributed by atoms with Gasteiger partial charge in [0.05, 0.1) is 11.1 Å². The molecular weight excluding hydrogens is 254 g/mol. The van der Waals surface area contributed by atoms with Crippen molar-refractivity contribution in [2.75, 3.05) is 5.32 Å². The Morgan fingerprint density at radius 3 is 2.89 bits per heavy atom. The van der Waals surface area contributed by atoms with E-state index in [9.17, 15) is 4.79 Å². The smallest absolute Gasteiger partial charge is 0.318 e. The van der Waals surface area contributed by atoms with E-state index in [1.807, 2.05) is 0 Å². The molecule has 0 atom stereocenters. The number of rotatable bonds is 2. The minimum atomic E-state index is -0.673. The first-order chi connectivity index (χ1) is 8.65. The Bertz CT molecular complexity index is 472. The molecule has 2 rings (SSSR count). The molecule has 0 bridgehead atoms. The van der Waals surface area contributed by atoms with Gasteiger partial charge in [-0.1, -0.05) is 11.6 Å². The number of aromatic nitrogens is 1. The fourth-order valence-electron chi connectivity index (χ4n) is 1.50. The van der Waals surface area contributed by atoms with Crippen LogP contribution in [0.1, 0.15) is 19.3 Å². The number of hydrogen-bond donors (Lipinski definition) is 3. The summed E-state index contributed by atoms with van der Waals surface area (Å²) in [7, 11) is 0. The van der Waals surface area contributed by atoms with Crippen LogP contribution in [-0.2, 0) is 0 Å². The van der Waals surface area contributed by atoms with Crippen LogP contribution in [0.15, 0.2) is 23.3 Å². The summed E-state index contributed by atoms with van der Waals surface area (Å²) >= 11 is 5.97. The van der Waals surface area contributed by atoms with Crippen molar-refractivity contribution in [3.05, 3.63) is 23.4 Å². The third-order valence-electron chi connectivity index (χ3n) is 2.62. The summed E-state index contributed by atoms with van der Waals surface area (Å²) in [6.45, 7) is 0. The zero-order valence-corrected chi connectivity index (χ0v) is 10.4. The van der Waals surface area contributed by atoms with E-state index in [4.69, 9.17) is 17.3 Å². The molecule has 1 heterocycles. The molecule has 0 aliphatic heterocycles. The van der Waals surface area contributed by atoms with Crippen LogP contribution in [0.2, 0.25) is 5.02 Å². The molecule has 96 valence electrons. The minimum Gasteiger partial charge on any atom is -0.351 e. The molecule has 4 N–H and O–H groups in total. The van der Waals surface area contributed by atoms with Gasteiger partial charge in [0.25, 0.3) is 0 Å². The van der Waals surface area contributed by atoms with Crippen LogP contribution < -0.4 is 16.4 Å². The highest BCUT2D eigenvalue weighted by atomic mass is 35.5. The van der Waals surface area contributed by atoms with Crippen LogP contribution in [0.25, 0.3) is 0 Å². The molecule has 1 aliphatic carbocycles. The summed E-state index contributed by atoms with van der Waals surface area (Å²) in [4.78, 5) is 19.3. The van der Waals surface area contributed by atoms with Gasteiger partial charge >= 0.3 is 6.03 Å². The molecule has 1 aromatic heterocycles. The second kappa shape index (κ2) is 5.68. The quantitative estimate of drug-likeness (QED) is 0.563. The number of nitrogens with one attached hydrogen (secondary N) is 2. The van der Waals surface area contributed by atoms with Gasteiger partial charge in [-0.25, -0.2) is 14.8 Å². The molecule has 1 saturated carbocycles. The molecule has 0 radical (unpaired) electrons. The zero-order chi connectivity index (χ0) is 13.0. The number of anilines is 1. The molecule has 0 aromatic carbocycles. The number of pyridine rings is 1. The Kier molecular flexibility index (Phi) is 3.99. The maximum absolute atomic E-state index is 10.9. The van der Waals surface area contributed by atoms with E-state index >= 15 is 0 Å². The Morgan fingerprint density at radius 2 is 2.33 bits per heavy atom.